The van der Waals surface area contributed by atoms with Crippen molar-refractivity contribution >= 4 is 41.2 Å². The average molecular weight is 439 g/mol. The van der Waals surface area contributed by atoms with Gasteiger partial charge in [-0.05, 0) is 36.3 Å². The van der Waals surface area contributed by atoms with Crippen molar-refractivity contribution in [2.45, 2.75) is 13.1 Å². The lowest BCUT2D eigenvalue weighted by molar-refractivity contribution is -0.143. The monoisotopic (exact) mass is 438 g/mol. The first-order chi connectivity index (χ1) is 14.9. The number of aryl methyl sites for hydroxylation is 1. The maximum absolute atomic E-state index is 13.7. The molecule has 2 aliphatic heterocycles. The first-order valence-electron chi connectivity index (χ1n) is 9.45. The van der Waals surface area contributed by atoms with Gasteiger partial charge in [0.15, 0.2) is 5.57 Å². The molecule has 0 radical (unpaired) electrons. The van der Waals surface area contributed by atoms with Gasteiger partial charge in [-0.1, -0.05) is 41.9 Å². The quantitative estimate of drug-likeness (QED) is 0.538. The molecule has 2 aliphatic rings. The normalized spacial score (nSPS) is 17.3. The highest BCUT2D eigenvalue weighted by Gasteiger charge is 2.47. The largest absolute Gasteiger partial charge is 0.465 e. The Morgan fingerprint density at radius 1 is 1.03 bits per heavy atom. The lowest BCUT2D eigenvalue weighted by Gasteiger charge is -2.45. The SMILES string of the molecule is COC(=O)C1=C(C(=O)OC)N2C=Cc3ccccc3C2N(c2ccc(C)c(Cl)c2)C1=O. The van der Waals surface area contributed by atoms with Crippen molar-refractivity contribution in [2.75, 3.05) is 19.1 Å². The van der Waals surface area contributed by atoms with E-state index in [-0.39, 0.29) is 5.70 Å². The van der Waals surface area contributed by atoms with Crippen molar-refractivity contribution in [1.29, 1.82) is 0 Å². The Kier molecular flexibility index (Phi) is 5.29. The standard InChI is InChI=1S/C23H19ClN2O5/c1-13-8-9-15(12-17(13)24)26-20-16-7-5-4-6-14(16)10-11-25(20)19(23(29)31-3)18(21(26)27)22(28)30-2/h4-12,20H,1-3H3. The van der Waals surface area contributed by atoms with Crippen molar-refractivity contribution in [2.24, 2.45) is 0 Å². The third kappa shape index (κ3) is 3.27. The minimum absolute atomic E-state index is 0.176. The zero-order valence-electron chi connectivity index (χ0n) is 17.1. The van der Waals surface area contributed by atoms with Gasteiger partial charge < -0.3 is 14.4 Å². The van der Waals surface area contributed by atoms with Crippen molar-refractivity contribution in [3.05, 3.63) is 81.6 Å². The van der Waals surface area contributed by atoms with Gasteiger partial charge in [0.2, 0.25) is 0 Å². The molecular formula is C23H19ClN2O5. The molecule has 2 heterocycles. The summed E-state index contributed by atoms with van der Waals surface area (Å²) >= 11 is 6.34. The van der Waals surface area contributed by atoms with Gasteiger partial charge in [0.05, 0.1) is 14.2 Å². The highest BCUT2D eigenvalue weighted by Crippen LogP contribution is 2.43. The maximum Gasteiger partial charge on any atom is 0.355 e. The van der Waals surface area contributed by atoms with Gasteiger partial charge in [0.25, 0.3) is 5.91 Å². The van der Waals surface area contributed by atoms with Crippen molar-refractivity contribution in [3.8, 4) is 0 Å². The molecule has 0 fully saturated rings. The van der Waals surface area contributed by atoms with E-state index in [4.69, 9.17) is 21.1 Å². The molecule has 1 atom stereocenters. The number of benzene rings is 2. The Balaban J connectivity index is 2.03. The number of methoxy groups -OCH3 is 2. The average Bonchev–Trinajstić information content (AvgIpc) is 2.79. The zero-order chi connectivity index (χ0) is 22.3. The van der Waals surface area contributed by atoms with E-state index in [0.717, 1.165) is 23.8 Å². The molecule has 0 bridgehead atoms. The van der Waals surface area contributed by atoms with Crippen LogP contribution in [0.3, 0.4) is 0 Å². The van der Waals surface area contributed by atoms with E-state index in [1.807, 2.05) is 31.2 Å². The second-order valence-electron chi connectivity index (χ2n) is 7.04. The molecule has 158 valence electrons. The molecule has 0 N–H and O–H groups in total. The molecule has 0 aromatic heterocycles. The van der Waals surface area contributed by atoms with Crippen LogP contribution >= 0.6 is 11.6 Å². The number of esters is 2. The molecule has 0 saturated heterocycles. The molecule has 1 unspecified atom stereocenters. The topological polar surface area (TPSA) is 76.2 Å². The minimum Gasteiger partial charge on any atom is -0.465 e. The van der Waals surface area contributed by atoms with Crippen molar-refractivity contribution in [1.82, 2.24) is 4.90 Å². The second kappa shape index (κ2) is 7.92. The number of ether oxygens (including phenoxy) is 2. The number of fused-ring (bicyclic) bond motifs is 3. The molecule has 1 amide bonds. The van der Waals surface area contributed by atoms with Crippen LogP contribution in [0.4, 0.5) is 5.69 Å². The van der Waals surface area contributed by atoms with Crippen molar-refractivity contribution < 1.29 is 23.9 Å². The summed E-state index contributed by atoms with van der Waals surface area (Å²) in [4.78, 5) is 42.0. The molecule has 0 spiro atoms. The summed E-state index contributed by atoms with van der Waals surface area (Å²) in [5, 5.41) is 0.471. The summed E-state index contributed by atoms with van der Waals surface area (Å²) in [6.07, 6.45) is 2.73. The number of halogens is 1. The van der Waals surface area contributed by atoms with E-state index >= 15 is 0 Å². The smallest absolute Gasteiger partial charge is 0.355 e. The fourth-order valence-electron chi connectivity index (χ4n) is 3.79. The van der Waals surface area contributed by atoms with Gasteiger partial charge in [-0.25, -0.2) is 9.59 Å². The van der Waals surface area contributed by atoms with Gasteiger partial charge in [-0.15, -0.1) is 0 Å². The molecule has 4 rings (SSSR count). The zero-order valence-corrected chi connectivity index (χ0v) is 17.8. The highest BCUT2D eigenvalue weighted by atomic mass is 35.5. The number of anilines is 1. The predicted molar refractivity (Wildman–Crippen MR) is 115 cm³/mol. The number of nitrogens with zero attached hydrogens (tertiary/aromatic N) is 2. The summed E-state index contributed by atoms with van der Waals surface area (Å²) in [5.41, 5.74) is 2.39. The second-order valence-corrected chi connectivity index (χ2v) is 7.45. The molecule has 0 aliphatic carbocycles. The van der Waals surface area contributed by atoms with E-state index < -0.39 is 29.6 Å². The Morgan fingerprint density at radius 3 is 2.42 bits per heavy atom. The van der Waals surface area contributed by atoms with Crippen LogP contribution in [0.1, 0.15) is 22.9 Å². The number of amides is 1. The van der Waals surface area contributed by atoms with Crippen LogP contribution in [0.25, 0.3) is 6.08 Å². The molecule has 31 heavy (non-hydrogen) atoms. The Morgan fingerprint density at radius 2 is 1.74 bits per heavy atom. The minimum atomic E-state index is -0.931. The molecule has 8 heteroatoms. The Bertz CT molecular complexity index is 1170. The van der Waals surface area contributed by atoms with E-state index in [1.165, 1.54) is 12.0 Å². The molecule has 2 aromatic rings. The first-order valence-corrected chi connectivity index (χ1v) is 9.83. The first kappa shape index (κ1) is 20.7. The van der Waals surface area contributed by atoms with Crippen LogP contribution in [0.15, 0.2) is 59.9 Å². The van der Waals surface area contributed by atoms with Crippen LogP contribution in [0, 0.1) is 6.92 Å². The van der Waals surface area contributed by atoms with Crippen LogP contribution < -0.4 is 4.90 Å². The van der Waals surface area contributed by atoms with E-state index in [0.29, 0.717) is 10.7 Å². The van der Waals surface area contributed by atoms with Crippen molar-refractivity contribution in [3.63, 3.8) is 0 Å². The number of rotatable bonds is 3. The predicted octanol–water partition coefficient (Wildman–Crippen LogP) is 3.58. The number of carbonyl (C=O) groups is 3. The van der Waals surface area contributed by atoms with Gasteiger partial charge in [0.1, 0.15) is 11.9 Å². The van der Waals surface area contributed by atoms with E-state index in [9.17, 15) is 14.4 Å². The maximum atomic E-state index is 13.7. The van der Waals surface area contributed by atoms with E-state index in [1.54, 1.807) is 35.4 Å². The summed E-state index contributed by atoms with van der Waals surface area (Å²) in [6.45, 7) is 1.85. The molecular weight excluding hydrogens is 420 g/mol. The molecule has 7 nitrogen and oxygen atoms in total. The number of hydrogen-bond donors (Lipinski definition) is 0. The number of hydrogen-bond acceptors (Lipinski definition) is 6. The Labute approximate surface area is 184 Å². The fraction of sp³-hybridized carbons (Fsp3) is 0.174. The van der Waals surface area contributed by atoms with Gasteiger partial charge >= 0.3 is 11.9 Å². The van der Waals surface area contributed by atoms with Crippen LogP contribution in [0.2, 0.25) is 5.02 Å². The summed E-state index contributed by atoms with van der Waals surface area (Å²) in [5.74, 6) is -2.43. The van der Waals surface area contributed by atoms with Crippen LogP contribution in [-0.4, -0.2) is 37.0 Å². The Hall–Kier alpha value is -3.58. The van der Waals surface area contributed by atoms with E-state index in [2.05, 4.69) is 0 Å². The number of carbonyl (C=O) groups excluding carboxylic acids is 3. The summed E-state index contributed by atoms with van der Waals surface area (Å²) in [7, 11) is 2.34. The molecule has 0 saturated carbocycles. The van der Waals surface area contributed by atoms with Crippen LogP contribution in [0.5, 0.6) is 0 Å². The summed E-state index contributed by atoms with van der Waals surface area (Å²) in [6, 6.07) is 12.7. The van der Waals surface area contributed by atoms with Gasteiger partial charge in [0, 0.05) is 22.5 Å². The lowest BCUT2D eigenvalue weighted by atomic mass is 9.94. The third-order valence-corrected chi connectivity index (χ3v) is 5.73. The van der Waals surface area contributed by atoms with Gasteiger partial charge in [-0.2, -0.15) is 0 Å². The van der Waals surface area contributed by atoms with Crippen LogP contribution in [-0.2, 0) is 23.9 Å². The molecule has 2 aromatic carbocycles. The third-order valence-electron chi connectivity index (χ3n) is 5.33. The summed E-state index contributed by atoms with van der Waals surface area (Å²) < 4.78 is 9.74. The fourth-order valence-corrected chi connectivity index (χ4v) is 3.97. The highest BCUT2D eigenvalue weighted by molar-refractivity contribution is 6.32. The van der Waals surface area contributed by atoms with Gasteiger partial charge in [-0.3, -0.25) is 9.69 Å². The lowest BCUT2D eigenvalue weighted by Crippen LogP contribution is -2.52.